The first kappa shape index (κ1) is 21.3. The zero-order valence-electron chi connectivity index (χ0n) is 16.1. The molecule has 0 spiro atoms. The molecule has 0 unspecified atom stereocenters. The Hall–Kier alpha value is -2.03. The minimum absolute atomic E-state index is 0. The number of para-hydroxylation sites is 1. The Bertz CT molecular complexity index is 868. The van der Waals surface area contributed by atoms with Gasteiger partial charge in [0.15, 0.2) is 11.7 Å². The van der Waals surface area contributed by atoms with E-state index in [-0.39, 0.29) is 24.0 Å². The lowest BCUT2D eigenvalue weighted by atomic mass is 10.1. The van der Waals surface area contributed by atoms with E-state index >= 15 is 0 Å². The van der Waals surface area contributed by atoms with E-state index in [1.54, 1.807) is 7.05 Å². The van der Waals surface area contributed by atoms with Crippen LogP contribution in [-0.2, 0) is 13.0 Å². The molecule has 0 bridgehead atoms. The quantitative estimate of drug-likeness (QED) is 0.205. The Morgan fingerprint density at radius 3 is 2.81 bits per heavy atom. The predicted molar refractivity (Wildman–Crippen MR) is 121 cm³/mol. The van der Waals surface area contributed by atoms with Gasteiger partial charge in [-0.3, -0.25) is 4.99 Å². The Kier molecular flexibility index (Phi) is 8.15. The fourth-order valence-electron chi connectivity index (χ4n) is 2.90. The van der Waals surface area contributed by atoms with Crippen LogP contribution in [0.5, 0.6) is 0 Å². The van der Waals surface area contributed by atoms with Crippen LogP contribution < -0.4 is 10.6 Å². The number of nitrogens with zero attached hydrogens (tertiary/aromatic N) is 2. The average Bonchev–Trinajstić information content (AvgIpc) is 3.28. The van der Waals surface area contributed by atoms with Crippen LogP contribution in [0.3, 0.4) is 0 Å². The molecule has 0 radical (unpaired) electrons. The van der Waals surface area contributed by atoms with Gasteiger partial charge in [-0.15, -0.1) is 24.0 Å². The first-order valence-corrected chi connectivity index (χ1v) is 9.12. The minimum atomic E-state index is 0. The molecule has 0 amide bonds. The van der Waals surface area contributed by atoms with Crippen LogP contribution in [0.4, 0.5) is 0 Å². The summed E-state index contributed by atoms with van der Waals surface area (Å²) in [4.78, 5) is 7.58. The molecular formula is C20H28IN5O. The van der Waals surface area contributed by atoms with E-state index in [2.05, 4.69) is 70.1 Å². The summed E-state index contributed by atoms with van der Waals surface area (Å²) in [5.74, 6) is 1.95. The second kappa shape index (κ2) is 10.3. The molecular weight excluding hydrogens is 453 g/mol. The molecule has 3 N–H and O–H groups in total. The smallest absolute Gasteiger partial charge is 0.191 e. The molecule has 27 heavy (non-hydrogen) atoms. The van der Waals surface area contributed by atoms with Gasteiger partial charge in [-0.2, -0.15) is 0 Å². The summed E-state index contributed by atoms with van der Waals surface area (Å²) in [7, 11) is 1.77. The summed E-state index contributed by atoms with van der Waals surface area (Å²) in [6.07, 6.45) is 4.16. The van der Waals surface area contributed by atoms with Crippen LogP contribution in [0.1, 0.15) is 43.2 Å². The summed E-state index contributed by atoms with van der Waals surface area (Å²) in [6.45, 7) is 5.63. The molecule has 0 aliphatic heterocycles. The van der Waals surface area contributed by atoms with Gasteiger partial charge in [-0.25, -0.2) is 0 Å². The monoisotopic (exact) mass is 481 g/mol. The SMILES string of the molecule is CN=C(NCCCc1c[nH]c2ccccc12)NCc1cc(C(C)C)no1.I. The largest absolute Gasteiger partial charge is 0.361 e. The Morgan fingerprint density at radius 1 is 1.26 bits per heavy atom. The van der Waals surface area contributed by atoms with Crippen molar-refractivity contribution in [2.75, 3.05) is 13.6 Å². The van der Waals surface area contributed by atoms with Crippen molar-refractivity contribution in [2.45, 2.75) is 39.2 Å². The number of fused-ring (bicyclic) bond motifs is 1. The van der Waals surface area contributed by atoms with Crippen molar-refractivity contribution in [3.8, 4) is 0 Å². The molecule has 2 heterocycles. The van der Waals surface area contributed by atoms with E-state index in [9.17, 15) is 0 Å². The first-order valence-electron chi connectivity index (χ1n) is 9.12. The highest BCUT2D eigenvalue weighted by Gasteiger charge is 2.08. The maximum atomic E-state index is 5.34. The van der Waals surface area contributed by atoms with Crippen LogP contribution in [0.2, 0.25) is 0 Å². The number of benzene rings is 1. The van der Waals surface area contributed by atoms with Crippen molar-refractivity contribution in [3.05, 3.63) is 53.5 Å². The van der Waals surface area contributed by atoms with Gasteiger partial charge in [0.05, 0.1) is 12.2 Å². The number of hydrogen-bond acceptors (Lipinski definition) is 3. The molecule has 6 nitrogen and oxygen atoms in total. The number of guanidine groups is 1. The summed E-state index contributed by atoms with van der Waals surface area (Å²) in [5.41, 5.74) is 3.53. The van der Waals surface area contributed by atoms with Crippen molar-refractivity contribution in [3.63, 3.8) is 0 Å². The lowest BCUT2D eigenvalue weighted by Gasteiger charge is -2.10. The second-order valence-corrected chi connectivity index (χ2v) is 6.69. The minimum Gasteiger partial charge on any atom is -0.361 e. The fraction of sp³-hybridized carbons (Fsp3) is 0.400. The van der Waals surface area contributed by atoms with Crippen molar-refractivity contribution in [1.82, 2.24) is 20.8 Å². The standard InChI is InChI=1S/C20H27N5O.HI/c1-14(2)19-11-16(26-25-19)13-24-20(21-3)22-10-6-7-15-12-23-18-9-5-4-8-17(15)18;/h4-5,8-9,11-12,14,23H,6-7,10,13H2,1-3H3,(H2,21,22,24);1H. The molecule has 7 heteroatoms. The number of aliphatic imine (C=N–C) groups is 1. The summed E-state index contributed by atoms with van der Waals surface area (Å²) in [6, 6.07) is 10.4. The van der Waals surface area contributed by atoms with Crippen LogP contribution in [-0.4, -0.2) is 29.7 Å². The van der Waals surface area contributed by atoms with Gasteiger partial charge < -0.3 is 20.1 Å². The number of hydrogen-bond donors (Lipinski definition) is 3. The van der Waals surface area contributed by atoms with Gasteiger partial charge in [0.1, 0.15) is 0 Å². The number of aromatic amines is 1. The van der Waals surface area contributed by atoms with Crippen LogP contribution >= 0.6 is 24.0 Å². The highest BCUT2D eigenvalue weighted by molar-refractivity contribution is 14.0. The van der Waals surface area contributed by atoms with Crippen molar-refractivity contribution in [2.24, 2.45) is 4.99 Å². The van der Waals surface area contributed by atoms with Gasteiger partial charge >= 0.3 is 0 Å². The molecule has 0 saturated carbocycles. The molecule has 3 aromatic rings. The average molecular weight is 481 g/mol. The Morgan fingerprint density at radius 2 is 2.07 bits per heavy atom. The van der Waals surface area contributed by atoms with Crippen molar-refractivity contribution in [1.29, 1.82) is 0 Å². The van der Waals surface area contributed by atoms with Crippen LogP contribution in [0, 0.1) is 0 Å². The third kappa shape index (κ3) is 5.72. The lowest BCUT2D eigenvalue weighted by Crippen LogP contribution is -2.37. The Labute approximate surface area is 177 Å². The van der Waals surface area contributed by atoms with E-state index in [0.29, 0.717) is 12.5 Å². The molecule has 1 aromatic carbocycles. The van der Waals surface area contributed by atoms with Gasteiger partial charge in [0, 0.05) is 36.8 Å². The molecule has 0 fully saturated rings. The molecule has 3 rings (SSSR count). The second-order valence-electron chi connectivity index (χ2n) is 6.69. The van der Waals surface area contributed by atoms with Gasteiger partial charge in [0.2, 0.25) is 0 Å². The third-order valence-electron chi connectivity index (χ3n) is 4.41. The number of H-pyrrole nitrogens is 1. The third-order valence-corrected chi connectivity index (χ3v) is 4.41. The van der Waals surface area contributed by atoms with Gasteiger partial charge in [-0.1, -0.05) is 37.2 Å². The molecule has 0 aliphatic carbocycles. The maximum Gasteiger partial charge on any atom is 0.191 e. The molecule has 146 valence electrons. The summed E-state index contributed by atoms with van der Waals surface area (Å²) >= 11 is 0. The number of aryl methyl sites for hydroxylation is 1. The lowest BCUT2D eigenvalue weighted by molar-refractivity contribution is 0.372. The number of aromatic nitrogens is 2. The summed E-state index contributed by atoms with van der Waals surface area (Å²) < 4.78 is 5.34. The molecule has 0 aliphatic rings. The number of nitrogens with one attached hydrogen (secondary N) is 3. The molecule has 0 atom stereocenters. The van der Waals surface area contributed by atoms with Crippen molar-refractivity contribution < 1.29 is 4.52 Å². The highest BCUT2D eigenvalue weighted by atomic mass is 127. The number of rotatable bonds is 7. The maximum absolute atomic E-state index is 5.34. The van der Waals surface area contributed by atoms with E-state index in [0.717, 1.165) is 36.8 Å². The predicted octanol–water partition coefficient (Wildman–Crippen LogP) is 4.20. The van der Waals surface area contributed by atoms with E-state index in [4.69, 9.17) is 4.52 Å². The van der Waals surface area contributed by atoms with E-state index < -0.39 is 0 Å². The molecule has 2 aromatic heterocycles. The molecule has 0 saturated heterocycles. The van der Waals surface area contributed by atoms with E-state index in [1.807, 2.05) is 6.07 Å². The van der Waals surface area contributed by atoms with E-state index in [1.165, 1.54) is 16.5 Å². The zero-order chi connectivity index (χ0) is 18.4. The fourth-order valence-corrected chi connectivity index (χ4v) is 2.90. The number of halogens is 1. The van der Waals surface area contributed by atoms with Crippen LogP contribution in [0.25, 0.3) is 10.9 Å². The Balaban J connectivity index is 0.00000261. The normalized spacial score (nSPS) is 11.6. The van der Waals surface area contributed by atoms with Crippen LogP contribution in [0.15, 0.2) is 46.0 Å². The zero-order valence-corrected chi connectivity index (χ0v) is 18.4. The highest BCUT2D eigenvalue weighted by Crippen LogP contribution is 2.18. The topological polar surface area (TPSA) is 78.2 Å². The van der Waals surface area contributed by atoms with Crippen molar-refractivity contribution >= 4 is 40.8 Å². The first-order chi connectivity index (χ1) is 12.7. The summed E-state index contributed by atoms with van der Waals surface area (Å²) in [5, 5.41) is 12.0. The van der Waals surface area contributed by atoms with Gasteiger partial charge in [-0.05, 0) is 30.4 Å². The van der Waals surface area contributed by atoms with Gasteiger partial charge in [0.25, 0.3) is 0 Å².